The quantitative estimate of drug-likeness (QED) is 0.674. The molecule has 0 spiro atoms. The van der Waals surface area contributed by atoms with Crippen LogP contribution in [0, 0.1) is 20.8 Å². The maximum atomic E-state index is 9.89. The van der Waals surface area contributed by atoms with Crippen molar-refractivity contribution in [2.45, 2.75) is 20.8 Å². The Kier molecular flexibility index (Phi) is 2.91. The molecule has 0 bridgehead atoms. The normalized spacial score (nSPS) is 10.6. The third-order valence-electron chi connectivity index (χ3n) is 3.33. The van der Waals surface area contributed by atoms with Crippen LogP contribution >= 0.6 is 0 Å². The second-order valence-electron chi connectivity index (χ2n) is 4.54. The summed E-state index contributed by atoms with van der Waals surface area (Å²) in [6.45, 7) is 5.53. The average molecular weight is 244 g/mol. The maximum absolute atomic E-state index is 9.89. The zero-order chi connectivity index (χ0) is 13.4. The fraction of sp³-hybridized carbons (Fsp3) is 0.200. The molecule has 2 rings (SSSR count). The Morgan fingerprint density at radius 3 is 2.11 bits per heavy atom. The summed E-state index contributed by atoms with van der Waals surface area (Å²) in [6.07, 6.45) is 0. The topological polar surface area (TPSA) is 60.7 Å². The van der Waals surface area contributed by atoms with Crippen molar-refractivity contribution < 1.29 is 15.3 Å². The van der Waals surface area contributed by atoms with Crippen molar-refractivity contribution in [3.05, 3.63) is 41.0 Å². The van der Waals surface area contributed by atoms with Crippen molar-refractivity contribution in [1.29, 1.82) is 0 Å². The van der Waals surface area contributed by atoms with Gasteiger partial charge in [0.1, 0.15) is 17.2 Å². The Morgan fingerprint density at radius 2 is 1.44 bits per heavy atom. The molecule has 0 heterocycles. The number of aromatic hydroxyl groups is 3. The molecule has 2 aromatic rings. The van der Waals surface area contributed by atoms with E-state index in [0.29, 0.717) is 5.56 Å². The van der Waals surface area contributed by atoms with Crippen LogP contribution in [0.2, 0.25) is 0 Å². The Labute approximate surface area is 106 Å². The molecular formula is C15H16O3. The van der Waals surface area contributed by atoms with E-state index in [1.807, 2.05) is 26.8 Å². The van der Waals surface area contributed by atoms with Gasteiger partial charge in [0.25, 0.3) is 0 Å². The minimum absolute atomic E-state index is 0.102. The molecule has 0 unspecified atom stereocenters. The first-order chi connectivity index (χ1) is 8.41. The van der Waals surface area contributed by atoms with Gasteiger partial charge in [-0.3, -0.25) is 0 Å². The molecule has 94 valence electrons. The number of rotatable bonds is 1. The van der Waals surface area contributed by atoms with Crippen LogP contribution < -0.4 is 0 Å². The fourth-order valence-electron chi connectivity index (χ4n) is 2.09. The monoisotopic (exact) mass is 244 g/mol. The summed E-state index contributed by atoms with van der Waals surface area (Å²) in [5.74, 6) is 0.488. The highest BCUT2D eigenvalue weighted by Gasteiger charge is 2.13. The van der Waals surface area contributed by atoms with E-state index in [1.54, 1.807) is 0 Å². The molecule has 0 aliphatic heterocycles. The minimum Gasteiger partial charge on any atom is -0.508 e. The van der Waals surface area contributed by atoms with Crippen molar-refractivity contribution in [3.63, 3.8) is 0 Å². The molecule has 3 N–H and O–H groups in total. The number of hydrogen-bond donors (Lipinski definition) is 3. The lowest BCUT2D eigenvalue weighted by atomic mass is 9.93. The van der Waals surface area contributed by atoms with E-state index >= 15 is 0 Å². The zero-order valence-corrected chi connectivity index (χ0v) is 10.7. The van der Waals surface area contributed by atoms with Crippen LogP contribution in [0.5, 0.6) is 17.2 Å². The third kappa shape index (κ3) is 1.88. The van der Waals surface area contributed by atoms with Gasteiger partial charge >= 0.3 is 0 Å². The summed E-state index contributed by atoms with van der Waals surface area (Å²) in [4.78, 5) is 0. The predicted octanol–water partition coefficient (Wildman–Crippen LogP) is 3.40. The van der Waals surface area contributed by atoms with Crippen molar-refractivity contribution in [3.8, 4) is 28.4 Å². The van der Waals surface area contributed by atoms with Gasteiger partial charge in [0.15, 0.2) is 0 Å². The van der Waals surface area contributed by atoms with E-state index in [1.165, 1.54) is 18.2 Å². The van der Waals surface area contributed by atoms with Crippen LogP contribution in [0.25, 0.3) is 11.1 Å². The van der Waals surface area contributed by atoms with Crippen molar-refractivity contribution in [2.75, 3.05) is 0 Å². The number of hydrogen-bond acceptors (Lipinski definition) is 3. The first kappa shape index (κ1) is 12.3. The van der Waals surface area contributed by atoms with Gasteiger partial charge in [-0.15, -0.1) is 0 Å². The maximum Gasteiger partial charge on any atom is 0.123 e. The first-order valence-corrected chi connectivity index (χ1v) is 5.74. The molecule has 3 nitrogen and oxygen atoms in total. The van der Waals surface area contributed by atoms with E-state index in [9.17, 15) is 15.3 Å². The van der Waals surface area contributed by atoms with E-state index in [4.69, 9.17) is 0 Å². The summed E-state index contributed by atoms with van der Waals surface area (Å²) < 4.78 is 0. The molecule has 0 aliphatic carbocycles. The molecule has 0 atom stereocenters. The highest BCUT2D eigenvalue weighted by Crippen LogP contribution is 2.38. The zero-order valence-electron chi connectivity index (χ0n) is 10.7. The number of aryl methyl sites for hydroxylation is 1. The van der Waals surface area contributed by atoms with Gasteiger partial charge in [-0.1, -0.05) is 0 Å². The standard InChI is InChI=1S/C15H16O3/c1-8-6-12(9(2)10(3)15(8)18)13-7-11(16)4-5-14(13)17/h4-7,16-18H,1-3H3. The van der Waals surface area contributed by atoms with E-state index in [-0.39, 0.29) is 17.2 Å². The molecule has 0 amide bonds. The van der Waals surface area contributed by atoms with Crippen molar-refractivity contribution >= 4 is 0 Å². The summed E-state index contributed by atoms with van der Waals surface area (Å²) >= 11 is 0. The summed E-state index contributed by atoms with van der Waals surface area (Å²) in [5.41, 5.74) is 3.80. The predicted molar refractivity (Wildman–Crippen MR) is 71.1 cm³/mol. The third-order valence-corrected chi connectivity index (χ3v) is 3.33. The Morgan fingerprint density at radius 1 is 0.778 bits per heavy atom. The number of phenolic OH excluding ortho intramolecular Hbond substituents is 3. The molecule has 18 heavy (non-hydrogen) atoms. The van der Waals surface area contributed by atoms with Crippen LogP contribution in [0.1, 0.15) is 16.7 Å². The second kappa shape index (κ2) is 4.26. The van der Waals surface area contributed by atoms with Gasteiger partial charge in [0, 0.05) is 5.56 Å². The average Bonchev–Trinajstić information content (AvgIpc) is 2.34. The molecule has 0 aromatic heterocycles. The first-order valence-electron chi connectivity index (χ1n) is 5.74. The smallest absolute Gasteiger partial charge is 0.123 e. The van der Waals surface area contributed by atoms with Crippen LogP contribution in [-0.2, 0) is 0 Å². The molecule has 0 radical (unpaired) electrons. The lowest BCUT2D eigenvalue weighted by Gasteiger charge is -2.14. The Hall–Kier alpha value is -2.16. The fourth-order valence-corrected chi connectivity index (χ4v) is 2.09. The van der Waals surface area contributed by atoms with Gasteiger partial charge in [-0.2, -0.15) is 0 Å². The van der Waals surface area contributed by atoms with Gasteiger partial charge in [-0.25, -0.2) is 0 Å². The van der Waals surface area contributed by atoms with E-state index in [2.05, 4.69) is 0 Å². The SMILES string of the molecule is Cc1cc(-c2cc(O)ccc2O)c(C)c(C)c1O. The van der Waals surface area contributed by atoms with Gasteiger partial charge in [0.05, 0.1) is 0 Å². The molecule has 0 aliphatic rings. The van der Waals surface area contributed by atoms with Crippen LogP contribution in [0.3, 0.4) is 0 Å². The number of phenols is 3. The Balaban J connectivity index is 2.75. The van der Waals surface area contributed by atoms with Crippen molar-refractivity contribution in [1.82, 2.24) is 0 Å². The lowest BCUT2D eigenvalue weighted by Crippen LogP contribution is -1.91. The van der Waals surface area contributed by atoms with E-state index < -0.39 is 0 Å². The molecule has 3 heteroatoms. The highest BCUT2D eigenvalue weighted by atomic mass is 16.3. The summed E-state index contributed by atoms with van der Waals surface area (Å²) in [6, 6.07) is 6.23. The largest absolute Gasteiger partial charge is 0.508 e. The summed E-state index contributed by atoms with van der Waals surface area (Å²) in [7, 11) is 0. The Bertz CT molecular complexity index is 616. The molecule has 0 saturated carbocycles. The molecular weight excluding hydrogens is 228 g/mol. The number of benzene rings is 2. The van der Waals surface area contributed by atoms with Gasteiger partial charge in [-0.05, 0) is 67.3 Å². The molecule has 0 saturated heterocycles. The van der Waals surface area contributed by atoms with E-state index in [0.717, 1.165) is 22.3 Å². The van der Waals surface area contributed by atoms with Crippen LogP contribution in [0.4, 0.5) is 0 Å². The summed E-state index contributed by atoms with van der Waals surface area (Å²) in [5, 5.41) is 29.3. The minimum atomic E-state index is 0.102. The van der Waals surface area contributed by atoms with Gasteiger partial charge in [0.2, 0.25) is 0 Å². The highest BCUT2D eigenvalue weighted by molar-refractivity contribution is 5.77. The second-order valence-corrected chi connectivity index (χ2v) is 4.54. The van der Waals surface area contributed by atoms with Crippen LogP contribution in [0.15, 0.2) is 24.3 Å². The molecule has 2 aromatic carbocycles. The van der Waals surface area contributed by atoms with Gasteiger partial charge < -0.3 is 15.3 Å². The van der Waals surface area contributed by atoms with Crippen LogP contribution in [-0.4, -0.2) is 15.3 Å². The molecule has 0 fully saturated rings. The lowest BCUT2D eigenvalue weighted by molar-refractivity contribution is 0.461. The van der Waals surface area contributed by atoms with Crippen molar-refractivity contribution in [2.24, 2.45) is 0 Å².